The summed E-state index contributed by atoms with van der Waals surface area (Å²) in [6.07, 6.45) is 4.03. The van der Waals surface area contributed by atoms with Crippen LogP contribution in [-0.2, 0) is 9.47 Å². The second-order valence-electron chi connectivity index (χ2n) is 5.42. The van der Waals surface area contributed by atoms with E-state index >= 15 is 0 Å². The molecule has 115 valence electrons. The molecule has 1 heterocycles. The maximum atomic E-state index is 5.45. The largest absolute Gasteiger partial charge is 0.388 e. The number of nitrogens with zero attached hydrogens (tertiary/aromatic N) is 1. The summed E-state index contributed by atoms with van der Waals surface area (Å²) in [5.41, 5.74) is 1.19. The van der Waals surface area contributed by atoms with E-state index in [1.165, 1.54) is 29.8 Å². The first-order valence-corrected chi connectivity index (χ1v) is 9.61. The predicted octanol–water partition coefficient (Wildman–Crippen LogP) is 1.94. The second kappa shape index (κ2) is 9.15. The molecule has 0 atom stereocenters. The molecular weight excluding hydrogens is 278 g/mol. The Kier molecular flexibility index (Phi) is 7.16. The molecule has 1 saturated heterocycles. The standard InChI is InChI=1S/C17H26NO2Si/c1-3-16-5-7-17(8-6-16)21(15-19-2)14-4-9-18-10-12-20-13-11-18/h3,5-8H,1,4,9-15H2,2H3. The molecule has 3 nitrogen and oxygen atoms in total. The average molecular weight is 304 g/mol. The summed E-state index contributed by atoms with van der Waals surface area (Å²) in [6, 6.07) is 10.1. The fourth-order valence-corrected chi connectivity index (χ4v) is 4.84. The second-order valence-corrected chi connectivity index (χ2v) is 7.99. The van der Waals surface area contributed by atoms with Crippen LogP contribution in [0.25, 0.3) is 6.08 Å². The highest BCUT2D eigenvalue weighted by Gasteiger charge is 2.16. The van der Waals surface area contributed by atoms with Crippen LogP contribution in [0.2, 0.25) is 6.04 Å². The van der Waals surface area contributed by atoms with Gasteiger partial charge in [0.25, 0.3) is 0 Å². The van der Waals surface area contributed by atoms with Crippen LogP contribution in [0.3, 0.4) is 0 Å². The van der Waals surface area contributed by atoms with Gasteiger partial charge in [0.15, 0.2) is 0 Å². The Morgan fingerprint density at radius 2 is 2.00 bits per heavy atom. The van der Waals surface area contributed by atoms with Gasteiger partial charge < -0.3 is 9.47 Å². The van der Waals surface area contributed by atoms with Gasteiger partial charge in [0.05, 0.1) is 13.2 Å². The van der Waals surface area contributed by atoms with Crippen molar-refractivity contribution in [2.75, 3.05) is 46.2 Å². The van der Waals surface area contributed by atoms with Crippen molar-refractivity contribution >= 4 is 20.1 Å². The van der Waals surface area contributed by atoms with Gasteiger partial charge in [-0.2, -0.15) is 0 Å². The Labute approximate surface area is 130 Å². The monoisotopic (exact) mass is 304 g/mol. The van der Waals surface area contributed by atoms with E-state index in [1.807, 2.05) is 13.2 Å². The van der Waals surface area contributed by atoms with Crippen LogP contribution in [-0.4, -0.2) is 59.9 Å². The molecule has 1 radical (unpaired) electrons. The van der Waals surface area contributed by atoms with Crippen molar-refractivity contribution in [3.63, 3.8) is 0 Å². The molecule has 21 heavy (non-hydrogen) atoms. The number of hydrogen-bond acceptors (Lipinski definition) is 3. The fourth-order valence-electron chi connectivity index (χ4n) is 2.67. The van der Waals surface area contributed by atoms with Crippen molar-refractivity contribution in [2.45, 2.75) is 12.5 Å². The van der Waals surface area contributed by atoms with E-state index in [4.69, 9.17) is 9.47 Å². The quantitative estimate of drug-likeness (QED) is 0.685. The Hall–Kier alpha value is -0.943. The van der Waals surface area contributed by atoms with Gasteiger partial charge >= 0.3 is 0 Å². The topological polar surface area (TPSA) is 21.7 Å². The van der Waals surface area contributed by atoms with Gasteiger partial charge in [-0.1, -0.05) is 48.2 Å². The van der Waals surface area contributed by atoms with Crippen LogP contribution in [0.15, 0.2) is 30.8 Å². The lowest BCUT2D eigenvalue weighted by Crippen LogP contribution is -2.39. The maximum Gasteiger partial charge on any atom is 0.116 e. The molecule has 1 aliphatic rings. The van der Waals surface area contributed by atoms with Crippen LogP contribution in [0.5, 0.6) is 0 Å². The summed E-state index contributed by atoms with van der Waals surface area (Å²) in [6.45, 7) is 8.94. The normalized spacial score (nSPS) is 16.3. The first-order chi connectivity index (χ1) is 10.3. The smallest absolute Gasteiger partial charge is 0.116 e. The van der Waals surface area contributed by atoms with Gasteiger partial charge in [-0.3, -0.25) is 4.90 Å². The zero-order valence-corrected chi connectivity index (χ0v) is 14.0. The third kappa shape index (κ3) is 5.40. The molecule has 0 N–H and O–H groups in total. The van der Waals surface area contributed by atoms with Crippen molar-refractivity contribution in [2.24, 2.45) is 0 Å². The first-order valence-electron chi connectivity index (χ1n) is 7.70. The van der Waals surface area contributed by atoms with Gasteiger partial charge in [-0.15, -0.1) is 0 Å². The Bertz CT molecular complexity index is 415. The molecule has 0 bridgehead atoms. The van der Waals surface area contributed by atoms with E-state index in [9.17, 15) is 0 Å². The fraction of sp³-hybridized carbons (Fsp3) is 0.529. The molecule has 0 unspecified atom stereocenters. The summed E-state index contributed by atoms with van der Waals surface area (Å²) >= 11 is 0. The van der Waals surface area contributed by atoms with Crippen LogP contribution >= 0.6 is 0 Å². The van der Waals surface area contributed by atoms with E-state index in [-0.39, 0.29) is 0 Å². The summed E-state index contributed by atoms with van der Waals surface area (Å²) in [5.74, 6) is 0. The maximum absolute atomic E-state index is 5.45. The minimum Gasteiger partial charge on any atom is -0.388 e. The molecule has 0 aromatic heterocycles. The summed E-state index contributed by atoms with van der Waals surface area (Å²) in [4.78, 5) is 2.51. The number of benzene rings is 1. The first kappa shape index (κ1) is 16.4. The molecule has 0 spiro atoms. The number of morpholine rings is 1. The minimum atomic E-state index is -0.612. The van der Waals surface area contributed by atoms with Crippen LogP contribution in [0.4, 0.5) is 0 Å². The van der Waals surface area contributed by atoms with Crippen LogP contribution in [0.1, 0.15) is 12.0 Å². The molecule has 2 rings (SSSR count). The number of ether oxygens (including phenoxy) is 2. The van der Waals surface area contributed by atoms with Gasteiger partial charge in [0.2, 0.25) is 0 Å². The number of methoxy groups -OCH3 is 1. The third-order valence-corrected chi connectivity index (χ3v) is 6.67. The highest BCUT2D eigenvalue weighted by Crippen LogP contribution is 2.06. The molecular formula is C17H26NO2Si. The van der Waals surface area contributed by atoms with E-state index < -0.39 is 8.80 Å². The lowest BCUT2D eigenvalue weighted by molar-refractivity contribution is 0.0379. The lowest BCUT2D eigenvalue weighted by atomic mass is 10.2. The molecule has 1 aromatic rings. The van der Waals surface area contributed by atoms with Crippen LogP contribution in [0, 0.1) is 0 Å². The summed E-state index contributed by atoms with van der Waals surface area (Å²) in [5, 5.41) is 1.47. The van der Waals surface area contributed by atoms with E-state index in [1.54, 1.807) is 0 Å². The van der Waals surface area contributed by atoms with Gasteiger partial charge in [0.1, 0.15) is 8.80 Å². The molecule has 0 saturated carbocycles. The van der Waals surface area contributed by atoms with Crippen molar-refractivity contribution in [1.82, 2.24) is 4.90 Å². The molecule has 1 aromatic carbocycles. The summed E-state index contributed by atoms with van der Waals surface area (Å²) < 4.78 is 10.8. The SMILES string of the molecule is C=Cc1ccc([Si](CCCN2CCOCC2)COC)cc1. The lowest BCUT2D eigenvalue weighted by Gasteiger charge is -2.27. The van der Waals surface area contributed by atoms with E-state index in [0.717, 1.165) is 32.5 Å². The minimum absolute atomic E-state index is 0.612. The molecule has 4 heteroatoms. The Morgan fingerprint density at radius 1 is 1.29 bits per heavy atom. The Balaban J connectivity index is 1.83. The molecule has 0 aliphatic carbocycles. The van der Waals surface area contributed by atoms with Gasteiger partial charge in [-0.25, -0.2) is 0 Å². The van der Waals surface area contributed by atoms with Gasteiger partial charge in [0, 0.05) is 26.4 Å². The highest BCUT2D eigenvalue weighted by atomic mass is 28.3. The third-order valence-electron chi connectivity index (χ3n) is 3.93. The van der Waals surface area contributed by atoms with Gasteiger partial charge in [-0.05, 0) is 18.5 Å². The summed E-state index contributed by atoms with van der Waals surface area (Å²) in [7, 11) is 1.20. The molecule has 1 aliphatic heterocycles. The highest BCUT2D eigenvalue weighted by molar-refractivity contribution is 6.73. The van der Waals surface area contributed by atoms with Crippen molar-refractivity contribution in [3.8, 4) is 0 Å². The average Bonchev–Trinajstić information content (AvgIpc) is 2.55. The zero-order valence-electron chi connectivity index (χ0n) is 13.0. The number of rotatable bonds is 8. The van der Waals surface area contributed by atoms with Crippen molar-refractivity contribution < 1.29 is 9.47 Å². The Morgan fingerprint density at radius 3 is 2.62 bits per heavy atom. The van der Waals surface area contributed by atoms with Crippen molar-refractivity contribution in [3.05, 3.63) is 36.4 Å². The predicted molar refractivity (Wildman–Crippen MR) is 90.5 cm³/mol. The van der Waals surface area contributed by atoms with Crippen molar-refractivity contribution in [1.29, 1.82) is 0 Å². The molecule has 0 amide bonds. The zero-order chi connectivity index (χ0) is 14.9. The number of hydrogen-bond donors (Lipinski definition) is 0. The van der Waals surface area contributed by atoms with E-state index in [0.29, 0.717) is 0 Å². The molecule has 1 fully saturated rings. The van der Waals surface area contributed by atoms with E-state index in [2.05, 4.69) is 35.7 Å². The van der Waals surface area contributed by atoms with Crippen LogP contribution < -0.4 is 5.19 Å².